The third-order valence-electron chi connectivity index (χ3n) is 5.81. The van der Waals surface area contributed by atoms with Gasteiger partial charge < -0.3 is 9.64 Å². The molecule has 0 aliphatic heterocycles. The lowest BCUT2D eigenvalue weighted by molar-refractivity contribution is -0.138. The highest BCUT2D eigenvalue weighted by Gasteiger charge is 2.27. The molecule has 0 heterocycles. The molecule has 0 atom stereocenters. The first-order chi connectivity index (χ1) is 14.3. The van der Waals surface area contributed by atoms with Gasteiger partial charge in [-0.15, -0.1) is 0 Å². The molecule has 2 aromatic carbocycles. The number of carbonyl (C=O) groups is 2. The first kappa shape index (κ1) is 22.0. The van der Waals surface area contributed by atoms with E-state index in [0.29, 0.717) is 12.1 Å². The molecule has 1 aliphatic rings. The van der Waals surface area contributed by atoms with Crippen LogP contribution in [0.5, 0.6) is 0 Å². The molecule has 0 unspecified atom stereocenters. The fourth-order valence-electron chi connectivity index (χ4n) is 4.38. The van der Waals surface area contributed by atoms with Crippen molar-refractivity contribution in [3.8, 4) is 0 Å². The molecule has 0 N–H and O–H groups in total. The van der Waals surface area contributed by atoms with Gasteiger partial charge in [0.15, 0.2) is 6.61 Å². The molecule has 0 bridgehead atoms. The molecule has 2 aromatic rings. The van der Waals surface area contributed by atoms with Crippen molar-refractivity contribution >= 4 is 11.9 Å². The van der Waals surface area contributed by atoms with Crippen molar-refractivity contribution in [1.82, 2.24) is 4.90 Å². The van der Waals surface area contributed by atoms with Gasteiger partial charge >= 0.3 is 5.97 Å². The predicted molar refractivity (Wildman–Crippen MR) is 115 cm³/mol. The van der Waals surface area contributed by atoms with Gasteiger partial charge in [-0.25, -0.2) is 9.18 Å². The minimum Gasteiger partial charge on any atom is -0.452 e. The van der Waals surface area contributed by atoms with Crippen LogP contribution in [0.3, 0.4) is 0 Å². The quantitative estimate of drug-likeness (QED) is 0.609. The Labute approximate surface area is 178 Å². The molecular weight excluding hydrogens is 381 g/mol. The third-order valence-corrected chi connectivity index (χ3v) is 5.81. The molecule has 0 spiro atoms. The van der Waals surface area contributed by atoms with E-state index in [1.165, 1.54) is 18.6 Å². The number of esters is 1. The maximum atomic E-state index is 13.3. The predicted octanol–water partition coefficient (Wildman–Crippen LogP) is 5.27. The molecule has 4 nitrogen and oxygen atoms in total. The van der Waals surface area contributed by atoms with Gasteiger partial charge in [-0.05, 0) is 62.4 Å². The average Bonchev–Trinajstić information content (AvgIpc) is 2.71. The molecule has 160 valence electrons. The van der Waals surface area contributed by atoms with E-state index in [9.17, 15) is 14.0 Å². The summed E-state index contributed by atoms with van der Waals surface area (Å²) in [5.74, 6) is -0.974. The Balaban J connectivity index is 1.71. The molecule has 0 aromatic heterocycles. The number of hydrogen-bond donors (Lipinski definition) is 0. The second-order valence-electron chi connectivity index (χ2n) is 8.29. The summed E-state index contributed by atoms with van der Waals surface area (Å²) in [4.78, 5) is 27.5. The van der Waals surface area contributed by atoms with Crippen LogP contribution in [0.15, 0.2) is 36.4 Å². The second-order valence-corrected chi connectivity index (χ2v) is 8.29. The molecule has 5 heteroatoms. The first-order valence-corrected chi connectivity index (χ1v) is 10.6. The van der Waals surface area contributed by atoms with Gasteiger partial charge in [-0.1, -0.05) is 49.1 Å². The van der Waals surface area contributed by atoms with Crippen LogP contribution in [0, 0.1) is 26.6 Å². The fourth-order valence-corrected chi connectivity index (χ4v) is 4.38. The highest BCUT2D eigenvalue weighted by Crippen LogP contribution is 2.25. The maximum absolute atomic E-state index is 13.3. The van der Waals surface area contributed by atoms with Gasteiger partial charge in [0.05, 0.1) is 5.56 Å². The Morgan fingerprint density at radius 2 is 1.60 bits per heavy atom. The number of rotatable bonds is 6. The van der Waals surface area contributed by atoms with Crippen molar-refractivity contribution in [3.05, 3.63) is 70.0 Å². The number of amides is 1. The van der Waals surface area contributed by atoms with Gasteiger partial charge in [-0.3, -0.25) is 4.79 Å². The van der Waals surface area contributed by atoms with E-state index in [0.717, 1.165) is 47.9 Å². The van der Waals surface area contributed by atoms with Gasteiger partial charge in [-0.2, -0.15) is 0 Å². The molecule has 30 heavy (non-hydrogen) atoms. The van der Waals surface area contributed by atoms with Gasteiger partial charge in [0.2, 0.25) is 0 Å². The molecule has 1 saturated carbocycles. The van der Waals surface area contributed by atoms with Crippen LogP contribution in [0.2, 0.25) is 0 Å². The summed E-state index contributed by atoms with van der Waals surface area (Å²) in [6.07, 6.45) is 5.23. The summed E-state index contributed by atoms with van der Waals surface area (Å²) >= 11 is 0. The van der Waals surface area contributed by atoms with E-state index >= 15 is 0 Å². The highest BCUT2D eigenvalue weighted by atomic mass is 19.1. The lowest BCUT2D eigenvalue weighted by Crippen LogP contribution is -2.43. The average molecular weight is 412 g/mol. The Bertz CT molecular complexity index is 878. The number of ether oxygens (including phenoxy) is 1. The molecule has 0 saturated heterocycles. The van der Waals surface area contributed by atoms with Crippen LogP contribution in [0.25, 0.3) is 0 Å². The van der Waals surface area contributed by atoms with Crippen molar-refractivity contribution in [2.75, 3.05) is 6.61 Å². The molecule has 0 radical (unpaired) electrons. The zero-order valence-electron chi connectivity index (χ0n) is 18.0. The summed E-state index contributed by atoms with van der Waals surface area (Å²) < 4.78 is 18.7. The molecule has 1 amide bonds. The number of benzene rings is 2. The largest absolute Gasteiger partial charge is 0.452 e. The van der Waals surface area contributed by atoms with E-state index in [4.69, 9.17) is 4.74 Å². The van der Waals surface area contributed by atoms with Gasteiger partial charge in [0, 0.05) is 12.6 Å². The van der Waals surface area contributed by atoms with Crippen LogP contribution in [-0.4, -0.2) is 29.4 Å². The van der Waals surface area contributed by atoms with Gasteiger partial charge in [0.1, 0.15) is 5.82 Å². The monoisotopic (exact) mass is 411 g/mol. The van der Waals surface area contributed by atoms with Crippen molar-refractivity contribution in [1.29, 1.82) is 0 Å². The van der Waals surface area contributed by atoms with Crippen LogP contribution in [0.4, 0.5) is 4.39 Å². The normalized spacial score (nSPS) is 14.4. The van der Waals surface area contributed by atoms with E-state index in [1.807, 2.05) is 32.9 Å². The Morgan fingerprint density at radius 1 is 1.00 bits per heavy atom. The minimum atomic E-state index is -0.469. The summed E-state index contributed by atoms with van der Waals surface area (Å²) in [6, 6.07) is 10.2. The second kappa shape index (κ2) is 9.88. The summed E-state index contributed by atoms with van der Waals surface area (Å²) in [5, 5.41) is 0. The molecule has 1 fully saturated rings. The number of aryl methyl sites for hydroxylation is 3. The maximum Gasteiger partial charge on any atom is 0.339 e. The van der Waals surface area contributed by atoms with E-state index < -0.39 is 5.97 Å². The Kier molecular flexibility index (Phi) is 7.24. The molecular formula is C25H30FNO3. The van der Waals surface area contributed by atoms with Gasteiger partial charge in [0.25, 0.3) is 5.91 Å². The number of halogens is 1. The Hall–Kier alpha value is -2.69. The van der Waals surface area contributed by atoms with Crippen LogP contribution in [-0.2, 0) is 16.1 Å². The van der Waals surface area contributed by atoms with Crippen LogP contribution >= 0.6 is 0 Å². The SMILES string of the molecule is Cc1cc(C)c(C(=O)OCC(=O)N(Cc2ccc(F)cc2)C2CCCCC2)c(C)c1. The highest BCUT2D eigenvalue weighted by molar-refractivity contribution is 5.94. The number of nitrogens with zero attached hydrogens (tertiary/aromatic N) is 1. The van der Waals surface area contributed by atoms with Crippen molar-refractivity contribution in [3.63, 3.8) is 0 Å². The molecule has 3 rings (SSSR count). The summed E-state index contributed by atoms with van der Waals surface area (Å²) in [5.41, 5.74) is 4.17. The van der Waals surface area contributed by atoms with Crippen LogP contribution < -0.4 is 0 Å². The minimum absolute atomic E-state index is 0.123. The summed E-state index contributed by atoms with van der Waals surface area (Å²) in [6.45, 7) is 5.84. The molecule has 1 aliphatic carbocycles. The number of carbonyl (C=O) groups excluding carboxylic acids is 2. The fraction of sp³-hybridized carbons (Fsp3) is 0.440. The van der Waals surface area contributed by atoms with E-state index in [-0.39, 0.29) is 24.4 Å². The van der Waals surface area contributed by atoms with E-state index in [2.05, 4.69) is 0 Å². The zero-order chi connectivity index (χ0) is 21.7. The standard InChI is InChI=1S/C25H30FNO3/c1-17-13-18(2)24(19(3)14-17)25(29)30-16-23(28)27(22-7-5-4-6-8-22)15-20-9-11-21(26)12-10-20/h9-14,22H,4-8,15-16H2,1-3H3. The first-order valence-electron chi connectivity index (χ1n) is 10.6. The lowest BCUT2D eigenvalue weighted by Gasteiger charge is -2.34. The number of hydrogen-bond acceptors (Lipinski definition) is 3. The van der Waals surface area contributed by atoms with Crippen molar-refractivity contribution in [2.24, 2.45) is 0 Å². The van der Waals surface area contributed by atoms with Crippen LogP contribution in [0.1, 0.15) is 64.7 Å². The lowest BCUT2D eigenvalue weighted by atomic mass is 9.93. The topological polar surface area (TPSA) is 46.6 Å². The third kappa shape index (κ3) is 5.47. The van der Waals surface area contributed by atoms with Crippen molar-refractivity contribution < 1.29 is 18.7 Å². The Morgan fingerprint density at radius 3 is 2.20 bits per heavy atom. The smallest absolute Gasteiger partial charge is 0.339 e. The van der Waals surface area contributed by atoms with Crippen molar-refractivity contribution in [2.45, 2.75) is 65.5 Å². The summed E-state index contributed by atoms with van der Waals surface area (Å²) in [7, 11) is 0. The zero-order valence-corrected chi connectivity index (χ0v) is 18.0. The van der Waals surface area contributed by atoms with E-state index in [1.54, 1.807) is 17.0 Å².